The van der Waals surface area contributed by atoms with Gasteiger partial charge in [0.25, 0.3) is 5.91 Å². The molecule has 1 aromatic carbocycles. The number of esters is 1. The fourth-order valence-electron chi connectivity index (χ4n) is 2.78. The van der Waals surface area contributed by atoms with Crippen LogP contribution < -0.4 is 5.32 Å². The minimum Gasteiger partial charge on any atom is -0.461 e. The third-order valence-electron chi connectivity index (χ3n) is 3.88. The summed E-state index contributed by atoms with van der Waals surface area (Å²) < 4.78 is 19.8. The lowest BCUT2D eigenvalue weighted by Crippen LogP contribution is -2.14. The molecular formula is C19H21FN2O3. The van der Waals surface area contributed by atoms with Crippen LogP contribution in [0, 0.1) is 19.7 Å². The van der Waals surface area contributed by atoms with E-state index in [4.69, 9.17) is 4.74 Å². The maximum absolute atomic E-state index is 13.0. The Balaban J connectivity index is 2.44. The molecule has 25 heavy (non-hydrogen) atoms. The number of carbonyl (C=O) groups is 2. The van der Waals surface area contributed by atoms with Crippen molar-refractivity contribution in [2.45, 2.75) is 27.3 Å². The van der Waals surface area contributed by atoms with E-state index in [1.807, 2.05) is 0 Å². The summed E-state index contributed by atoms with van der Waals surface area (Å²) in [4.78, 5) is 25.0. The average Bonchev–Trinajstić information content (AvgIpc) is 2.81. The minimum absolute atomic E-state index is 0.244. The molecule has 1 amide bonds. The van der Waals surface area contributed by atoms with Crippen LogP contribution in [0.3, 0.4) is 0 Å². The van der Waals surface area contributed by atoms with Crippen LogP contribution in [0.1, 0.15) is 39.0 Å². The first kappa shape index (κ1) is 18.4. The molecule has 5 nitrogen and oxygen atoms in total. The second-order valence-electron chi connectivity index (χ2n) is 5.51. The molecule has 132 valence electrons. The predicted molar refractivity (Wildman–Crippen MR) is 94.4 cm³/mol. The Kier molecular flexibility index (Phi) is 5.75. The molecule has 0 aliphatic carbocycles. The van der Waals surface area contributed by atoms with E-state index in [1.54, 1.807) is 31.4 Å². The number of nitrogens with zero attached hydrogens (tertiary/aromatic N) is 1. The molecule has 0 saturated carbocycles. The number of carbonyl (C=O) groups excluding carboxylic acids is 2. The van der Waals surface area contributed by atoms with Gasteiger partial charge in [-0.15, -0.1) is 6.58 Å². The smallest absolute Gasteiger partial charge is 0.355 e. The normalized spacial score (nSPS) is 10.4. The van der Waals surface area contributed by atoms with Gasteiger partial charge in [0.1, 0.15) is 11.5 Å². The molecule has 0 aliphatic rings. The first-order valence-corrected chi connectivity index (χ1v) is 7.95. The Morgan fingerprint density at radius 3 is 2.48 bits per heavy atom. The highest BCUT2D eigenvalue weighted by Crippen LogP contribution is 2.24. The van der Waals surface area contributed by atoms with Gasteiger partial charge in [-0.1, -0.05) is 6.08 Å². The van der Waals surface area contributed by atoms with Gasteiger partial charge in [0.2, 0.25) is 0 Å². The number of benzene rings is 1. The van der Waals surface area contributed by atoms with Crippen LogP contribution in [-0.2, 0) is 11.3 Å². The van der Waals surface area contributed by atoms with E-state index in [9.17, 15) is 14.0 Å². The summed E-state index contributed by atoms with van der Waals surface area (Å²) in [5.41, 5.74) is 2.38. The van der Waals surface area contributed by atoms with E-state index in [-0.39, 0.29) is 18.3 Å². The largest absolute Gasteiger partial charge is 0.461 e. The monoisotopic (exact) mass is 344 g/mol. The molecule has 1 aromatic heterocycles. The lowest BCUT2D eigenvalue weighted by Gasteiger charge is -2.09. The number of aromatic nitrogens is 1. The van der Waals surface area contributed by atoms with Crippen LogP contribution in [0.4, 0.5) is 10.1 Å². The number of amides is 1. The van der Waals surface area contributed by atoms with Crippen molar-refractivity contribution in [2.24, 2.45) is 0 Å². The summed E-state index contributed by atoms with van der Waals surface area (Å²) in [5.74, 6) is -1.23. The quantitative estimate of drug-likeness (QED) is 0.639. The van der Waals surface area contributed by atoms with Crippen LogP contribution in [0.15, 0.2) is 36.9 Å². The van der Waals surface area contributed by atoms with E-state index in [2.05, 4.69) is 11.9 Å². The lowest BCUT2D eigenvalue weighted by atomic mass is 10.1. The molecule has 0 radical (unpaired) electrons. The fourth-order valence-corrected chi connectivity index (χ4v) is 2.78. The van der Waals surface area contributed by atoms with Gasteiger partial charge < -0.3 is 14.6 Å². The second kappa shape index (κ2) is 7.79. The van der Waals surface area contributed by atoms with E-state index in [0.29, 0.717) is 34.7 Å². The van der Waals surface area contributed by atoms with Gasteiger partial charge in [-0.3, -0.25) is 4.79 Å². The number of halogens is 1. The fraction of sp³-hybridized carbons (Fsp3) is 0.263. The average molecular weight is 344 g/mol. The Morgan fingerprint density at radius 2 is 1.92 bits per heavy atom. The van der Waals surface area contributed by atoms with E-state index in [1.165, 1.54) is 24.3 Å². The molecule has 0 unspecified atom stereocenters. The molecule has 1 heterocycles. The summed E-state index contributed by atoms with van der Waals surface area (Å²) in [6, 6.07) is 5.49. The molecule has 0 spiro atoms. The van der Waals surface area contributed by atoms with Crippen molar-refractivity contribution in [3.05, 3.63) is 65.3 Å². The van der Waals surface area contributed by atoms with Gasteiger partial charge in [0, 0.05) is 17.9 Å². The Bertz CT molecular complexity index is 807. The Morgan fingerprint density at radius 1 is 1.28 bits per heavy atom. The van der Waals surface area contributed by atoms with Gasteiger partial charge in [-0.2, -0.15) is 0 Å². The van der Waals surface area contributed by atoms with E-state index >= 15 is 0 Å². The number of anilines is 1. The lowest BCUT2D eigenvalue weighted by molar-refractivity contribution is 0.0513. The van der Waals surface area contributed by atoms with Gasteiger partial charge in [-0.05, 0) is 50.6 Å². The number of allylic oxidation sites excluding steroid dienone is 1. The van der Waals surface area contributed by atoms with Gasteiger partial charge >= 0.3 is 5.97 Å². The SMILES string of the molecule is C=CCn1c(C)c(C(=O)Nc2ccc(F)cc2)c(C)c1C(=O)OCC. The van der Waals surface area contributed by atoms with Crippen molar-refractivity contribution < 1.29 is 18.7 Å². The number of rotatable bonds is 6. The molecule has 0 atom stereocenters. The Hall–Kier alpha value is -2.89. The summed E-state index contributed by atoms with van der Waals surface area (Å²) in [6.07, 6.45) is 1.65. The van der Waals surface area contributed by atoms with Crippen molar-refractivity contribution in [3.8, 4) is 0 Å². The van der Waals surface area contributed by atoms with Crippen LogP contribution in [0.2, 0.25) is 0 Å². The highest BCUT2D eigenvalue weighted by Gasteiger charge is 2.26. The number of hydrogen-bond acceptors (Lipinski definition) is 3. The van der Waals surface area contributed by atoms with E-state index in [0.717, 1.165) is 0 Å². The summed E-state index contributed by atoms with van der Waals surface area (Å²) in [5, 5.41) is 2.72. The molecule has 6 heteroatoms. The van der Waals surface area contributed by atoms with Crippen LogP contribution in [-0.4, -0.2) is 23.1 Å². The number of hydrogen-bond donors (Lipinski definition) is 1. The predicted octanol–water partition coefficient (Wildman–Crippen LogP) is 3.86. The number of ether oxygens (including phenoxy) is 1. The molecule has 0 fully saturated rings. The molecule has 2 rings (SSSR count). The molecule has 0 saturated heterocycles. The van der Waals surface area contributed by atoms with Crippen molar-refractivity contribution >= 4 is 17.6 Å². The van der Waals surface area contributed by atoms with Gasteiger partial charge in [0.05, 0.1) is 12.2 Å². The van der Waals surface area contributed by atoms with E-state index < -0.39 is 5.97 Å². The summed E-state index contributed by atoms with van der Waals surface area (Å²) in [6.45, 7) is 9.51. The van der Waals surface area contributed by atoms with Crippen LogP contribution in [0.25, 0.3) is 0 Å². The van der Waals surface area contributed by atoms with Crippen LogP contribution >= 0.6 is 0 Å². The van der Waals surface area contributed by atoms with Crippen LogP contribution in [0.5, 0.6) is 0 Å². The minimum atomic E-state index is -0.481. The zero-order valence-electron chi connectivity index (χ0n) is 14.6. The van der Waals surface area contributed by atoms with Crippen molar-refractivity contribution in [1.82, 2.24) is 4.57 Å². The first-order chi connectivity index (χ1) is 11.9. The third-order valence-corrected chi connectivity index (χ3v) is 3.88. The van der Waals surface area contributed by atoms with Crippen molar-refractivity contribution in [1.29, 1.82) is 0 Å². The molecule has 1 N–H and O–H groups in total. The topological polar surface area (TPSA) is 60.3 Å². The van der Waals surface area contributed by atoms with Gasteiger partial charge in [0.15, 0.2) is 0 Å². The summed E-state index contributed by atoms with van der Waals surface area (Å²) >= 11 is 0. The maximum Gasteiger partial charge on any atom is 0.355 e. The molecule has 0 bridgehead atoms. The number of nitrogens with one attached hydrogen (secondary N) is 1. The zero-order valence-corrected chi connectivity index (χ0v) is 14.6. The molecule has 0 aliphatic heterocycles. The van der Waals surface area contributed by atoms with Crippen molar-refractivity contribution in [3.63, 3.8) is 0 Å². The highest BCUT2D eigenvalue weighted by atomic mass is 19.1. The Labute approximate surface area is 146 Å². The zero-order chi connectivity index (χ0) is 18.6. The van der Waals surface area contributed by atoms with Gasteiger partial charge in [-0.25, -0.2) is 9.18 Å². The second-order valence-corrected chi connectivity index (χ2v) is 5.51. The molecular weight excluding hydrogens is 323 g/mol. The standard InChI is InChI=1S/C19H21FN2O3/c1-5-11-22-13(4)16(12(3)17(22)19(24)25-6-2)18(23)21-15-9-7-14(20)8-10-15/h5,7-10H,1,6,11H2,2-4H3,(H,21,23). The third kappa shape index (κ3) is 3.79. The van der Waals surface area contributed by atoms with Crippen molar-refractivity contribution in [2.75, 3.05) is 11.9 Å². The first-order valence-electron chi connectivity index (χ1n) is 7.95. The maximum atomic E-state index is 13.0. The molecule has 2 aromatic rings. The summed E-state index contributed by atoms with van der Waals surface area (Å²) in [7, 11) is 0. The highest BCUT2D eigenvalue weighted by molar-refractivity contribution is 6.08.